The van der Waals surface area contributed by atoms with Crippen LogP contribution in [0.25, 0.3) is 23.3 Å². The van der Waals surface area contributed by atoms with Gasteiger partial charge in [0.2, 0.25) is 0 Å². The van der Waals surface area contributed by atoms with Crippen molar-refractivity contribution in [2.75, 3.05) is 0 Å². The van der Waals surface area contributed by atoms with E-state index in [1.807, 2.05) is 0 Å². The van der Waals surface area contributed by atoms with Crippen molar-refractivity contribution < 1.29 is 0 Å². The summed E-state index contributed by atoms with van der Waals surface area (Å²) in [6.45, 7) is 11.7. The number of hydrogen-bond acceptors (Lipinski definition) is 1. The van der Waals surface area contributed by atoms with E-state index in [0.29, 0.717) is 0 Å². The quantitative estimate of drug-likeness (QED) is 0.397. The molecule has 0 fully saturated rings. The van der Waals surface area contributed by atoms with Crippen LogP contribution in [0.4, 0.5) is 0 Å². The summed E-state index contributed by atoms with van der Waals surface area (Å²) in [5.41, 5.74) is 10.1. The van der Waals surface area contributed by atoms with Gasteiger partial charge in [-0.2, -0.15) is 11.3 Å². The molecule has 0 spiro atoms. The lowest BCUT2D eigenvalue weighted by atomic mass is 9.62. The van der Waals surface area contributed by atoms with Crippen LogP contribution in [-0.2, 0) is 10.8 Å². The number of fused-ring (bicyclic) bond motifs is 1. The second-order valence-electron chi connectivity index (χ2n) is 9.51. The molecule has 1 heteroatoms. The van der Waals surface area contributed by atoms with Crippen LogP contribution in [0, 0.1) is 6.92 Å². The Balaban J connectivity index is 1.88. The highest BCUT2D eigenvalue weighted by Crippen LogP contribution is 2.48. The van der Waals surface area contributed by atoms with Crippen molar-refractivity contribution in [3.63, 3.8) is 0 Å². The van der Waals surface area contributed by atoms with E-state index in [0.717, 1.165) is 0 Å². The zero-order valence-electron chi connectivity index (χ0n) is 17.7. The van der Waals surface area contributed by atoms with Crippen molar-refractivity contribution in [3.05, 3.63) is 81.0 Å². The second-order valence-corrected chi connectivity index (χ2v) is 10.3. The number of hydrogen-bond donors (Lipinski definition) is 0. The summed E-state index contributed by atoms with van der Waals surface area (Å²) in [5.74, 6) is 0. The first kappa shape index (κ1) is 19.2. The van der Waals surface area contributed by atoms with Gasteiger partial charge in [-0.1, -0.05) is 75.7 Å². The molecule has 1 heterocycles. The molecule has 1 aliphatic rings. The van der Waals surface area contributed by atoms with Gasteiger partial charge in [0.05, 0.1) is 0 Å². The van der Waals surface area contributed by atoms with Crippen molar-refractivity contribution in [2.45, 2.75) is 58.3 Å². The Hall–Kier alpha value is -2.12. The van der Waals surface area contributed by atoms with Crippen LogP contribution >= 0.6 is 11.3 Å². The monoisotopic (exact) mass is 386 g/mol. The number of aryl methyl sites for hydroxylation is 1. The van der Waals surface area contributed by atoms with Crippen LogP contribution in [-0.4, -0.2) is 0 Å². The standard InChI is InChI=1S/C27H30S/c1-19-6-8-20(9-7-19)10-11-21-16-24-25(17-23(21)22-12-15-28-18-22)27(4,5)14-13-26(24,2)3/h6-12,15-18H,13-14H2,1-5H3/b11-10+. The number of benzene rings is 2. The van der Waals surface area contributed by atoms with Gasteiger partial charge < -0.3 is 0 Å². The molecule has 144 valence electrons. The Labute approximate surface area is 174 Å². The molecule has 2 aromatic carbocycles. The van der Waals surface area contributed by atoms with E-state index in [-0.39, 0.29) is 10.8 Å². The third kappa shape index (κ3) is 3.61. The van der Waals surface area contributed by atoms with Gasteiger partial charge in [0, 0.05) is 0 Å². The van der Waals surface area contributed by atoms with Crippen molar-refractivity contribution >= 4 is 23.5 Å². The van der Waals surface area contributed by atoms with E-state index in [1.165, 1.54) is 51.8 Å². The third-order valence-electron chi connectivity index (χ3n) is 6.39. The fourth-order valence-corrected chi connectivity index (χ4v) is 4.96. The molecule has 1 aromatic heterocycles. The summed E-state index contributed by atoms with van der Waals surface area (Å²) in [5, 5.41) is 4.45. The van der Waals surface area contributed by atoms with Gasteiger partial charge in [-0.25, -0.2) is 0 Å². The molecule has 1 aliphatic carbocycles. The molecule has 0 saturated heterocycles. The van der Waals surface area contributed by atoms with Crippen LogP contribution in [0.3, 0.4) is 0 Å². The normalized spacial score (nSPS) is 17.6. The summed E-state index contributed by atoms with van der Waals surface area (Å²) >= 11 is 1.77. The third-order valence-corrected chi connectivity index (χ3v) is 7.07. The van der Waals surface area contributed by atoms with Crippen LogP contribution in [0.1, 0.15) is 68.4 Å². The molecule has 0 N–H and O–H groups in total. The topological polar surface area (TPSA) is 0 Å². The first-order valence-corrected chi connectivity index (χ1v) is 11.2. The van der Waals surface area contributed by atoms with Gasteiger partial charge in [0.15, 0.2) is 0 Å². The molecule has 0 radical (unpaired) electrons. The average Bonchev–Trinajstić information content (AvgIpc) is 3.19. The minimum absolute atomic E-state index is 0.227. The molecule has 0 amide bonds. The summed E-state index contributed by atoms with van der Waals surface area (Å²) < 4.78 is 0. The average molecular weight is 387 g/mol. The van der Waals surface area contributed by atoms with E-state index in [1.54, 1.807) is 11.3 Å². The molecule has 0 saturated carbocycles. The maximum Gasteiger partial charge on any atom is -0.00145 e. The molecular weight excluding hydrogens is 356 g/mol. The van der Waals surface area contributed by atoms with Crippen LogP contribution in [0.15, 0.2) is 53.2 Å². The second kappa shape index (κ2) is 7.04. The number of thiophene rings is 1. The van der Waals surface area contributed by atoms with Crippen molar-refractivity contribution in [1.29, 1.82) is 0 Å². The lowest BCUT2D eigenvalue weighted by Crippen LogP contribution is -2.34. The molecule has 0 atom stereocenters. The van der Waals surface area contributed by atoms with Gasteiger partial charge in [-0.15, -0.1) is 0 Å². The largest absolute Gasteiger partial charge is 0.152 e. The van der Waals surface area contributed by atoms with Crippen molar-refractivity contribution in [3.8, 4) is 11.1 Å². The van der Waals surface area contributed by atoms with Crippen LogP contribution in [0.5, 0.6) is 0 Å². The molecule has 0 unspecified atom stereocenters. The fourth-order valence-electron chi connectivity index (χ4n) is 4.30. The Morgan fingerprint density at radius 2 is 1.46 bits per heavy atom. The maximum atomic E-state index is 2.48. The summed E-state index contributed by atoms with van der Waals surface area (Å²) in [7, 11) is 0. The lowest BCUT2D eigenvalue weighted by molar-refractivity contribution is 0.332. The molecular formula is C27H30S. The Bertz CT molecular complexity index is 999. The van der Waals surface area contributed by atoms with E-state index >= 15 is 0 Å². The van der Waals surface area contributed by atoms with Gasteiger partial charge in [0.1, 0.15) is 0 Å². The van der Waals surface area contributed by atoms with Crippen LogP contribution < -0.4 is 0 Å². The Morgan fingerprint density at radius 3 is 2.07 bits per heavy atom. The van der Waals surface area contributed by atoms with E-state index < -0.39 is 0 Å². The lowest BCUT2D eigenvalue weighted by Gasteiger charge is -2.42. The maximum absolute atomic E-state index is 2.48. The van der Waals surface area contributed by atoms with Gasteiger partial charge >= 0.3 is 0 Å². The Morgan fingerprint density at radius 1 is 0.821 bits per heavy atom. The SMILES string of the molecule is Cc1ccc(/C=C/c2cc3c(cc2-c2ccsc2)C(C)(C)CCC3(C)C)cc1. The predicted molar refractivity (Wildman–Crippen MR) is 125 cm³/mol. The highest BCUT2D eigenvalue weighted by molar-refractivity contribution is 7.08. The zero-order valence-corrected chi connectivity index (χ0v) is 18.5. The highest BCUT2D eigenvalue weighted by Gasteiger charge is 2.37. The zero-order chi connectivity index (χ0) is 19.9. The van der Waals surface area contributed by atoms with Crippen LogP contribution in [0.2, 0.25) is 0 Å². The summed E-state index contributed by atoms with van der Waals surface area (Å²) in [6, 6.07) is 15.9. The molecule has 4 rings (SSSR count). The van der Waals surface area contributed by atoms with Crippen molar-refractivity contribution in [1.82, 2.24) is 0 Å². The van der Waals surface area contributed by atoms with E-state index in [9.17, 15) is 0 Å². The highest BCUT2D eigenvalue weighted by atomic mass is 32.1. The Kier molecular flexibility index (Phi) is 4.83. The molecule has 0 nitrogen and oxygen atoms in total. The van der Waals surface area contributed by atoms with E-state index in [4.69, 9.17) is 0 Å². The molecule has 3 aromatic rings. The molecule has 28 heavy (non-hydrogen) atoms. The minimum Gasteiger partial charge on any atom is -0.152 e. The van der Waals surface area contributed by atoms with E-state index in [2.05, 4.69) is 100.0 Å². The summed E-state index contributed by atoms with van der Waals surface area (Å²) in [6.07, 6.45) is 7.04. The minimum atomic E-state index is 0.227. The number of rotatable bonds is 3. The first-order valence-electron chi connectivity index (χ1n) is 10.2. The molecule has 0 bridgehead atoms. The smallest absolute Gasteiger partial charge is 0.00145 e. The van der Waals surface area contributed by atoms with Crippen molar-refractivity contribution in [2.24, 2.45) is 0 Å². The van der Waals surface area contributed by atoms with Gasteiger partial charge in [-0.05, 0) is 86.9 Å². The summed E-state index contributed by atoms with van der Waals surface area (Å²) in [4.78, 5) is 0. The predicted octanol–water partition coefficient (Wildman–Crippen LogP) is 8.24. The molecule has 0 aliphatic heterocycles. The van der Waals surface area contributed by atoms with Gasteiger partial charge in [-0.3, -0.25) is 0 Å². The van der Waals surface area contributed by atoms with Gasteiger partial charge in [0.25, 0.3) is 0 Å². The first-order chi connectivity index (χ1) is 13.3. The fraction of sp³-hybridized carbons (Fsp3) is 0.333.